The number of phenolic OH excluding ortho intramolecular Hbond substituents is 1. The lowest BCUT2D eigenvalue weighted by Gasteiger charge is -2.19. The van der Waals surface area contributed by atoms with Crippen LogP contribution < -0.4 is 10.1 Å². The summed E-state index contributed by atoms with van der Waals surface area (Å²) in [6.07, 6.45) is 5.64. The Morgan fingerprint density at radius 3 is 2.74 bits per heavy atom. The highest BCUT2D eigenvalue weighted by Crippen LogP contribution is 2.42. The number of ether oxygens (including phenoxy) is 1. The summed E-state index contributed by atoms with van der Waals surface area (Å²) in [5.41, 5.74) is 7.31. The lowest BCUT2D eigenvalue weighted by Crippen LogP contribution is -2.39. The number of aliphatic hydroxyl groups excluding tert-OH is 1. The maximum absolute atomic E-state index is 11.4. The number of aromatic hydroxyl groups is 1. The number of phenols is 1. The summed E-state index contributed by atoms with van der Waals surface area (Å²) in [6.45, 7) is -0.295. The topological polar surface area (TPSA) is 136 Å². The number of pyridine rings is 1. The maximum atomic E-state index is 11.4. The van der Waals surface area contributed by atoms with E-state index >= 15 is 0 Å². The largest absolute Gasteiger partial charge is 0.508 e. The Morgan fingerprint density at radius 2 is 1.98 bits per heavy atom. The first-order valence-electron chi connectivity index (χ1n) is 13.6. The molecule has 0 amide bonds. The minimum absolute atomic E-state index is 0.114. The predicted octanol–water partition coefficient (Wildman–Crippen LogP) is 5.37. The van der Waals surface area contributed by atoms with E-state index in [2.05, 4.69) is 28.5 Å². The van der Waals surface area contributed by atoms with Crippen molar-refractivity contribution in [2.24, 2.45) is 0 Å². The average Bonchev–Trinajstić information content (AvgIpc) is 3.40. The van der Waals surface area contributed by atoms with Crippen LogP contribution in [0.15, 0.2) is 73.1 Å². The van der Waals surface area contributed by atoms with Crippen LogP contribution in [0.3, 0.4) is 0 Å². The van der Waals surface area contributed by atoms with Crippen molar-refractivity contribution in [3.63, 3.8) is 0 Å². The fraction of sp³-hybridized carbons (Fsp3) is 0.242. The molecule has 3 aromatic carbocycles. The molecule has 0 bridgehead atoms. The van der Waals surface area contributed by atoms with E-state index in [-0.39, 0.29) is 24.8 Å². The number of nitriles is 1. The molecule has 1 aliphatic rings. The smallest absolute Gasteiger partial charge is 0.323 e. The molecule has 0 aliphatic heterocycles. The van der Waals surface area contributed by atoms with Crippen LogP contribution >= 0.6 is 11.6 Å². The monoisotopic (exact) mass is 583 g/mol. The Morgan fingerprint density at radius 1 is 1.14 bits per heavy atom. The van der Waals surface area contributed by atoms with Crippen molar-refractivity contribution in [2.45, 2.75) is 44.4 Å². The van der Waals surface area contributed by atoms with E-state index in [9.17, 15) is 25.4 Å². The molecule has 2 atom stereocenters. The Hall–Kier alpha value is -4.42. The van der Waals surface area contributed by atoms with E-state index < -0.39 is 18.6 Å². The molecule has 5 rings (SSSR count). The Kier molecular flexibility index (Phi) is 9.03. The fourth-order valence-corrected chi connectivity index (χ4v) is 5.74. The van der Waals surface area contributed by atoms with Gasteiger partial charge in [0.15, 0.2) is 0 Å². The number of hydrogen-bond donors (Lipinski definition) is 4. The number of nitrogens with one attached hydrogen (secondary N) is 1. The molecule has 4 N–H and O–H groups in total. The third-order valence-corrected chi connectivity index (χ3v) is 7.94. The van der Waals surface area contributed by atoms with Crippen molar-refractivity contribution in [3.8, 4) is 28.7 Å². The molecule has 214 valence electrons. The van der Waals surface area contributed by atoms with Crippen molar-refractivity contribution in [2.75, 3.05) is 6.61 Å². The zero-order chi connectivity index (χ0) is 29.6. The van der Waals surface area contributed by atoms with E-state index in [0.29, 0.717) is 33.9 Å². The second-order valence-corrected chi connectivity index (χ2v) is 10.8. The summed E-state index contributed by atoms with van der Waals surface area (Å²) in [4.78, 5) is 15.5. The second-order valence-electron chi connectivity index (χ2n) is 10.4. The number of carbonyl (C=O) groups is 1. The molecule has 1 aromatic heterocycles. The van der Waals surface area contributed by atoms with Crippen LogP contribution in [0.2, 0.25) is 5.02 Å². The third-order valence-electron chi connectivity index (χ3n) is 7.59. The number of nitrogens with zero attached hydrogens (tertiary/aromatic N) is 2. The van der Waals surface area contributed by atoms with E-state index in [1.165, 1.54) is 17.3 Å². The lowest BCUT2D eigenvalue weighted by atomic mass is 9.90. The normalized spacial score (nSPS) is 14.6. The van der Waals surface area contributed by atoms with Gasteiger partial charge in [0.2, 0.25) is 0 Å². The lowest BCUT2D eigenvalue weighted by molar-refractivity contribution is -0.140. The first kappa shape index (κ1) is 29.1. The third kappa shape index (κ3) is 6.55. The number of fused-ring (bicyclic) bond motifs is 1. The summed E-state index contributed by atoms with van der Waals surface area (Å²) in [7, 11) is 0. The minimum Gasteiger partial charge on any atom is -0.508 e. The van der Waals surface area contributed by atoms with E-state index in [4.69, 9.17) is 16.3 Å². The molecule has 42 heavy (non-hydrogen) atoms. The van der Waals surface area contributed by atoms with Crippen molar-refractivity contribution >= 4 is 17.6 Å². The standard InChI is InChI=1S/C33H30ClN3O5/c34-30-12-25(17-37-31(18-38)33(40)41)32(42-19-21-9-20(14-35)15-36-16-21)13-24(30)10-23-7-8-29-27(5-2-6-28(23)29)22-3-1-4-26(39)11-22/h1-6,9,11-13,15-16,23,31,37-39H,7-8,10,17-19H2,(H,40,41)/t23-,31?/m1/s1. The number of aromatic nitrogens is 1. The number of aliphatic carboxylic acids is 1. The van der Waals surface area contributed by atoms with Gasteiger partial charge < -0.3 is 20.1 Å². The highest BCUT2D eigenvalue weighted by atomic mass is 35.5. The van der Waals surface area contributed by atoms with Gasteiger partial charge in [0.05, 0.1) is 12.2 Å². The highest BCUT2D eigenvalue weighted by Gasteiger charge is 2.27. The summed E-state index contributed by atoms with van der Waals surface area (Å²) in [5, 5.41) is 41.4. The fourth-order valence-electron chi connectivity index (χ4n) is 5.48. The zero-order valence-corrected chi connectivity index (χ0v) is 23.5. The Balaban J connectivity index is 1.42. The van der Waals surface area contributed by atoms with Gasteiger partial charge in [0.25, 0.3) is 0 Å². The maximum Gasteiger partial charge on any atom is 0.323 e. The molecular formula is C33H30ClN3O5. The van der Waals surface area contributed by atoms with Gasteiger partial charge in [-0.2, -0.15) is 5.26 Å². The molecule has 0 spiro atoms. The van der Waals surface area contributed by atoms with Crippen molar-refractivity contribution in [1.29, 1.82) is 5.26 Å². The number of halogens is 1. The van der Waals surface area contributed by atoms with Crippen LogP contribution in [-0.2, 0) is 30.8 Å². The van der Waals surface area contributed by atoms with Gasteiger partial charge in [0.1, 0.15) is 30.2 Å². The quantitative estimate of drug-likeness (QED) is 0.185. The summed E-state index contributed by atoms with van der Waals surface area (Å²) >= 11 is 6.80. The molecule has 1 aliphatic carbocycles. The number of benzene rings is 3. The number of aliphatic hydroxyl groups is 1. The second kappa shape index (κ2) is 13.0. The van der Waals surface area contributed by atoms with Crippen molar-refractivity contribution in [3.05, 3.63) is 111 Å². The van der Waals surface area contributed by atoms with E-state index in [0.717, 1.165) is 29.5 Å². The molecule has 0 saturated carbocycles. The molecule has 8 nitrogen and oxygen atoms in total. The first-order chi connectivity index (χ1) is 20.4. The van der Waals surface area contributed by atoms with Gasteiger partial charge in [-0.1, -0.05) is 41.9 Å². The van der Waals surface area contributed by atoms with E-state index in [1.54, 1.807) is 30.5 Å². The molecular weight excluding hydrogens is 554 g/mol. The van der Waals surface area contributed by atoms with Crippen LogP contribution in [0.5, 0.6) is 11.5 Å². The average molecular weight is 584 g/mol. The molecule has 1 heterocycles. The number of hydrogen-bond acceptors (Lipinski definition) is 7. The minimum atomic E-state index is -1.16. The molecule has 0 fully saturated rings. The number of carboxylic acids is 1. The molecule has 4 aromatic rings. The van der Waals surface area contributed by atoms with Crippen LogP contribution in [0, 0.1) is 11.3 Å². The summed E-state index contributed by atoms with van der Waals surface area (Å²) < 4.78 is 6.19. The van der Waals surface area contributed by atoms with Crippen LogP contribution in [-0.4, -0.2) is 38.9 Å². The van der Waals surface area contributed by atoms with Crippen molar-refractivity contribution < 1.29 is 24.9 Å². The zero-order valence-electron chi connectivity index (χ0n) is 22.8. The number of carboxylic acid groups (broad SMARTS) is 1. The molecule has 9 heteroatoms. The SMILES string of the molecule is N#Cc1cncc(COc2cc(C[C@H]3CCc4c(-c5cccc(O)c5)cccc43)c(Cl)cc2CNC(CO)C(=O)O)c1. The number of rotatable bonds is 11. The van der Waals surface area contributed by atoms with E-state index in [1.807, 2.05) is 24.3 Å². The van der Waals surface area contributed by atoms with Crippen LogP contribution in [0.25, 0.3) is 11.1 Å². The Bertz CT molecular complexity index is 1650. The van der Waals surface area contributed by atoms with Crippen molar-refractivity contribution in [1.82, 2.24) is 10.3 Å². The molecule has 0 radical (unpaired) electrons. The van der Waals surface area contributed by atoms with Crippen LogP contribution in [0.1, 0.15) is 45.7 Å². The summed E-state index contributed by atoms with van der Waals surface area (Å²) in [6, 6.07) is 19.9. The highest BCUT2D eigenvalue weighted by molar-refractivity contribution is 6.31. The molecule has 0 saturated heterocycles. The van der Waals surface area contributed by atoms with Gasteiger partial charge in [-0.15, -0.1) is 0 Å². The summed E-state index contributed by atoms with van der Waals surface area (Å²) in [5.74, 6) is -0.170. The predicted molar refractivity (Wildman–Crippen MR) is 158 cm³/mol. The van der Waals surface area contributed by atoms with Gasteiger partial charge in [-0.05, 0) is 83.3 Å². The van der Waals surface area contributed by atoms with Gasteiger partial charge in [-0.3, -0.25) is 15.1 Å². The van der Waals surface area contributed by atoms with Gasteiger partial charge in [0, 0.05) is 35.1 Å². The van der Waals surface area contributed by atoms with Crippen LogP contribution in [0.4, 0.5) is 0 Å². The first-order valence-corrected chi connectivity index (χ1v) is 14.0. The van der Waals surface area contributed by atoms with Gasteiger partial charge in [-0.25, -0.2) is 0 Å². The molecule has 1 unspecified atom stereocenters. The van der Waals surface area contributed by atoms with Gasteiger partial charge >= 0.3 is 5.97 Å². The Labute approximate surface area is 248 Å².